The molecule has 1 aliphatic rings. The van der Waals surface area contributed by atoms with Gasteiger partial charge in [0.15, 0.2) is 5.96 Å². The van der Waals surface area contributed by atoms with Crippen molar-refractivity contribution in [3.05, 3.63) is 35.9 Å². The second-order valence-electron chi connectivity index (χ2n) is 19.2. The summed E-state index contributed by atoms with van der Waals surface area (Å²) in [6.45, 7) is 4.77. The van der Waals surface area contributed by atoms with E-state index in [1.54, 1.807) is 44.2 Å². The van der Waals surface area contributed by atoms with Crippen LogP contribution in [0.3, 0.4) is 0 Å². The average molecular weight is 1110 g/mol. The van der Waals surface area contributed by atoms with Crippen LogP contribution in [0.15, 0.2) is 35.3 Å². The Kier molecular flexibility index (Phi) is 29.8. The summed E-state index contributed by atoms with van der Waals surface area (Å²) >= 11 is 0. The van der Waals surface area contributed by atoms with Gasteiger partial charge in [0.1, 0.15) is 60.4 Å². The number of hydrogen-bond acceptors (Lipinski definition) is 18. The largest absolute Gasteiger partial charge is 0.391 e. The predicted molar refractivity (Wildman–Crippen MR) is 286 cm³/mol. The Morgan fingerprint density at radius 1 is 0.603 bits per heavy atom. The molecule has 2 rings (SSSR count). The molecule has 10 amide bonds. The monoisotopic (exact) mass is 1100 g/mol. The molecule has 1 heterocycles. The van der Waals surface area contributed by atoms with Crippen molar-refractivity contribution in [1.29, 1.82) is 0 Å². The van der Waals surface area contributed by atoms with Crippen molar-refractivity contribution in [3.8, 4) is 0 Å². The van der Waals surface area contributed by atoms with E-state index in [1.165, 1.54) is 13.8 Å². The molecule has 0 aromatic heterocycles. The summed E-state index contributed by atoms with van der Waals surface area (Å²) in [6, 6.07) is -6.28. The van der Waals surface area contributed by atoms with Gasteiger partial charge in [-0.25, -0.2) is 4.99 Å². The minimum absolute atomic E-state index is 0.0355. The van der Waals surface area contributed by atoms with Crippen LogP contribution in [0.2, 0.25) is 0 Å². The molecule has 26 N–H and O–H groups in total. The van der Waals surface area contributed by atoms with Crippen molar-refractivity contribution in [3.63, 3.8) is 0 Å². The molecule has 12 atom stereocenters. The Hall–Kier alpha value is -7.09. The predicted octanol–water partition coefficient (Wildman–Crippen LogP) is -8.69. The minimum Gasteiger partial charge on any atom is -0.391 e. The van der Waals surface area contributed by atoms with Gasteiger partial charge in [0, 0.05) is 13.0 Å². The summed E-state index contributed by atoms with van der Waals surface area (Å²) in [4.78, 5) is 143. The highest BCUT2D eigenvalue weighted by Gasteiger charge is 2.37. The molecule has 0 spiro atoms. The molecule has 438 valence electrons. The Balaban J connectivity index is 2.75. The van der Waals surface area contributed by atoms with Crippen LogP contribution in [0.25, 0.3) is 0 Å². The van der Waals surface area contributed by atoms with Gasteiger partial charge in [-0.2, -0.15) is 0 Å². The van der Waals surface area contributed by atoms with Crippen molar-refractivity contribution < 1.29 is 58.2 Å². The van der Waals surface area contributed by atoms with Gasteiger partial charge < -0.3 is 104 Å². The summed E-state index contributed by atoms with van der Waals surface area (Å²) in [5.41, 5.74) is 40.6. The second-order valence-corrected chi connectivity index (χ2v) is 19.2. The molecule has 0 unspecified atom stereocenters. The van der Waals surface area contributed by atoms with E-state index < -0.39 is 151 Å². The molecule has 1 aliphatic heterocycles. The smallest absolute Gasteiger partial charge is 0.245 e. The number of aliphatic imine (C=N–C) groups is 1. The molecule has 0 aliphatic carbocycles. The van der Waals surface area contributed by atoms with E-state index in [4.69, 9.17) is 40.1 Å². The molecular formula is C48H84N18O12. The number of aliphatic hydroxyl groups is 2. The lowest BCUT2D eigenvalue weighted by molar-refractivity contribution is -0.136. The quantitative estimate of drug-likeness (QED) is 0.0357. The zero-order chi connectivity index (χ0) is 58.6. The normalized spacial score (nSPS) is 23.4. The van der Waals surface area contributed by atoms with Gasteiger partial charge in [-0.1, -0.05) is 44.2 Å². The highest BCUT2D eigenvalue weighted by atomic mass is 16.3. The van der Waals surface area contributed by atoms with E-state index in [-0.39, 0.29) is 83.6 Å². The van der Waals surface area contributed by atoms with Crippen LogP contribution in [0, 0.1) is 5.92 Å². The number of carbonyl (C=O) groups excluding carboxylic acids is 10. The molecule has 1 fully saturated rings. The maximum absolute atomic E-state index is 14.4. The lowest BCUT2D eigenvalue weighted by Gasteiger charge is -2.28. The van der Waals surface area contributed by atoms with Crippen LogP contribution in [-0.4, -0.2) is 187 Å². The molecule has 30 nitrogen and oxygen atoms in total. The first kappa shape index (κ1) is 67.0. The number of rotatable bonds is 23. The van der Waals surface area contributed by atoms with Gasteiger partial charge in [0.25, 0.3) is 0 Å². The van der Waals surface area contributed by atoms with Crippen LogP contribution < -0.4 is 93.3 Å². The number of nitrogens with one attached hydrogen (secondary N) is 10. The molecule has 78 heavy (non-hydrogen) atoms. The Morgan fingerprint density at radius 2 is 1.09 bits per heavy atom. The third kappa shape index (κ3) is 22.9. The third-order valence-corrected chi connectivity index (χ3v) is 12.1. The fraction of sp³-hybridized carbons (Fsp3) is 0.646. The van der Waals surface area contributed by atoms with Crippen LogP contribution in [0.5, 0.6) is 0 Å². The van der Waals surface area contributed by atoms with Gasteiger partial charge in [-0.05, 0) is 103 Å². The number of hydrogen-bond donors (Lipinski definition) is 19. The molecule has 30 heteroatoms. The Labute approximate surface area is 453 Å². The second kappa shape index (κ2) is 34.6. The van der Waals surface area contributed by atoms with Crippen LogP contribution in [0.1, 0.15) is 78.2 Å². The fourth-order valence-electron chi connectivity index (χ4n) is 8.02. The number of nitrogens with two attached hydrogens (primary N) is 7. The number of benzene rings is 1. The average Bonchev–Trinajstić information content (AvgIpc) is 3.37. The molecule has 0 radical (unpaired) electrons. The zero-order valence-electron chi connectivity index (χ0n) is 44.8. The first-order valence-corrected chi connectivity index (χ1v) is 25.9. The minimum atomic E-state index is -1.69. The van der Waals surface area contributed by atoms with E-state index in [9.17, 15) is 58.2 Å². The van der Waals surface area contributed by atoms with Crippen molar-refractivity contribution >= 4 is 65.0 Å². The summed E-state index contributed by atoms with van der Waals surface area (Å²) in [6.07, 6.45) is -4.51. The maximum Gasteiger partial charge on any atom is 0.245 e. The third-order valence-electron chi connectivity index (χ3n) is 12.1. The molecule has 0 bridgehead atoms. The summed E-state index contributed by atoms with van der Waals surface area (Å²) < 4.78 is 0. The first-order valence-electron chi connectivity index (χ1n) is 25.9. The van der Waals surface area contributed by atoms with Gasteiger partial charge in [0.2, 0.25) is 59.1 Å². The SMILES string of the molecule is CC(C)C[C@@H]1NC(=O)[C@@H](Cc2ccccc2)NC(=O)[C@H](CCN)NC(=O)[C@@H](NC(=O)[C@H](CCN)NC(=O)[C@@H](NC(=O)[C@H](CCN)N=C(N)N)[C@@H](C)O)CCNC(=O)[C@H]([C@@H](C)O)NC(=O)[C@H](CCN)NC(=O)[C@H](CCN)NC1=O. The van der Waals surface area contributed by atoms with Crippen LogP contribution in [-0.2, 0) is 54.4 Å². The summed E-state index contributed by atoms with van der Waals surface area (Å²) in [5.74, 6) is -10.0. The number of guanidine groups is 1. The van der Waals surface area contributed by atoms with Crippen LogP contribution >= 0.6 is 0 Å². The number of nitrogens with zero attached hydrogens (tertiary/aromatic N) is 1. The van der Waals surface area contributed by atoms with E-state index in [0.717, 1.165) is 0 Å². The standard InChI is InChI=1S/C48H84N18O12/c1-24(2)22-34-44(75)59-28(10-16-49)38(69)58-31(13-19-52)42(73)65-36(25(3)67)46(77)56-21-15-33(41(72)57-29(11-17-50)40(71)63-35(45(76)62-34)23-27-8-6-5-7-9-27)60-39(70)30(12-18-51)61-47(78)37(26(4)68)66-43(74)32(14-20-53)64-48(54)55/h5-9,24-26,28-37,67-68H,10-23,49-53H2,1-4H3,(H,56,77)(H,57,72)(H,58,69)(H,59,75)(H,60,70)(H,61,78)(H,62,76)(H,63,71)(H,65,73)(H,66,74)(H4,54,55,64)/t25-,26-,28+,29+,30+,31+,32+,33+,34+,35-,36+,37+/m1/s1. The van der Waals surface area contributed by atoms with Gasteiger partial charge in [0.05, 0.1) is 12.2 Å². The lowest BCUT2D eigenvalue weighted by atomic mass is 10.00. The topological polar surface area (TPSA) is 526 Å². The molecular weight excluding hydrogens is 1020 g/mol. The van der Waals surface area contributed by atoms with Crippen molar-refractivity contribution in [2.24, 2.45) is 51.0 Å². The summed E-state index contributed by atoms with van der Waals surface area (Å²) in [5, 5.41) is 46.5. The molecule has 1 saturated heterocycles. The van der Waals surface area contributed by atoms with E-state index in [2.05, 4.69) is 58.2 Å². The zero-order valence-corrected chi connectivity index (χ0v) is 44.8. The van der Waals surface area contributed by atoms with Gasteiger partial charge in [-0.3, -0.25) is 47.9 Å². The van der Waals surface area contributed by atoms with E-state index in [0.29, 0.717) is 5.56 Å². The number of aliphatic hydroxyl groups excluding tert-OH is 2. The van der Waals surface area contributed by atoms with E-state index >= 15 is 0 Å². The van der Waals surface area contributed by atoms with Crippen LogP contribution in [0.4, 0.5) is 0 Å². The van der Waals surface area contributed by atoms with Crippen molar-refractivity contribution in [2.75, 3.05) is 39.3 Å². The Bertz CT molecular complexity index is 2180. The van der Waals surface area contributed by atoms with Gasteiger partial charge >= 0.3 is 0 Å². The molecule has 0 saturated carbocycles. The highest BCUT2D eigenvalue weighted by Crippen LogP contribution is 2.11. The van der Waals surface area contributed by atoms with Crippen molar-refractivity contribution in [2.45, 2.75) is 152 Å². The Morgan fingerprint density at radius 3 is 1.58 bits per heavy atom. The first-order chi connectivity index (χ1) is 36.9. The summed E-state index contributed by atoms with van der Waals surface area (Å²) in [7, 11) is 0. The van der Waals surface area contributed by atoms with Gasteiger partial charge in [-0.15, -0.1) is 0 Å². The maximum atomic E-state index is 14.4. The number of carbonyl (C=O) groups is 10. The van der Waals surface area contributed by atoms with E-state index in [1.807, 2.05) is 0 Å². The van der Waals surface area contributed by atoms with Crippen molar-refractivity contribution in [1.82, 2.24) is 53.2 Å². The molecule has 1 aromatic rings. The number of amides is 10. The highest BCUT2D eigenvalue weighted by molar-refractivity contribution is 5.99. The lowest BCUT2D eigenvalue weighted by Crippen LogP contribution is -2.61. The fourth-order valence-corrected chi connectivity index (χ4v) is 8.02. The molecule has 1 aromatic carbocycles.